The van der Waals surface area contributed by atoms with Crippen LogP contribution in [0.15, 0.2) is 83.8 Å². The normalized spacial score (nSPS) is 9.80. The van der Waals surface area contributed by atoms with E-state index in [4.69, 9.17) is 0 Å². The third kappa shape index (κ3) is 6.18. The smallest absolute Gasteiger partial charge is 0.174 e. The van der Waals surface area contributed by atoms with Crippen LogP contribution in [0.3, 0.4) is 0 Å². The van der Waals surface area contributed by atoms with E-state index in [0.717, 1.165) is 0 Å². The van der Waals surface area contributed by atoms with Gasteiger partial charge in [-0.2, -0.15) is 13.2 Å². The maximum atomic E-state index is 9.67. The minimum Gasteiger partial charge on any atom is -0.174 e. The molecule has 132 valence electrons. The molecule has 0 aliphatic heterocycles. The molecule has 0 unspecified atom stereocenters. The van der Waals surface area contributed by atoms with Gasteiger partial charge >= 0.3 is 6.68 Å². The quantitative estimate of drug-likeness (QED) is 0.432. The first kappa shape index (κ1) is 21.2. The lowest BCUT2D eigenvalue weighted by Crippen LogP contribution is -1.91. The SMILES string of the molecule is C[SH+]c1cccc(-c2ccccc2)c1-c1ccccc1.FC(F)F.[SH3+]. The number of rotatable bonds is 3. The van der Waals surface area contributed by atoms with Crippen LogP contribution >= 0.6 is 0 Å². The van der Waals surface area contributed by atoms with E-state index in [2.05, 4.69) is 85.1 Å². The molecule has 0 heterocycles. The van der Waals surface area contributed by atoms with E-state index < -0.39 is 6.68 Å². The van der Waals surface area contributed by atoms with Crippen molar-refractivity contribution in [1.82, 2.24) is 0 Å². The van der Waals surface area contributed by atoms with Crippen molar-refractivity contribution in [3.05, 3.63) is 78.9 Å². The molecule has 0 aliphatic carbocycles. The standard InChI is InChI=1S/C19H16S.CHF3.H2S/c1-20-18-14-8-13-17(15-9-4-2-5-10-15)19(18)16-11-6-3-7-12-16;2-1(3)4;/h2-14H,1H3;1H;1H2/p+2. The second kappa shape index (κ2) is 10.9. The van der Waals surface area contributed by atoms with Gasteiger partial charge in [0.15, 0.2) is 4.90 Å². The fourth-order valence-corrected chi connectivity index (χ4v) is 3.20. The zero-order valence-electron chi connectivity index (χ0n) is 13.7. The number of alkyl halides is 3. The summed E-state index contributed by atoms with van der Waals surface area (Å²) in [6.45, 7) is -3.67. The van der Waals surface area contributed by atoms with Gasteiger partial charge in [-0.05, 0) is 22.8 Å². The largest absolute Gasteiger partial charge is 0.379 e. The second-order valence-electron chi connectivity index (χ2n) is 4.90. The van der Waals surface area contributed by atoms with Crippen LogP contribution in [-0.4, -0.2) is 12.9 Å². The number of hydrogen-bond donors (Lipinski definition) is 0. The van der Waals surface area contributed by atoms with Crippen LogP contribution in [0.5, 0.6) is 0 Å². The Morgan fingerprint density at radius 1 is 0.680 bits per heavy atom. The number of thiol groups is 1. The zero-order chi connectivity index (χ0) is 17.4. The summed E-state index contributed by atoms with van der Waals surface area (Å²) in [6.07, 6.45) is 2.19. The van der Waals surface area contributed by atoms with Crippen LogP contribution in [0.4, 0.5) is 13.2 Å². The summed E-state index contributed by atoms with van der Waals surface area (Å²) in [7, 11) is 0. The molecule has 0 bridgehead atoms. The van der Waals surface area contributed by atoms with Gasteiger partial charge in [-0.15, -0.1) is 0 Å². The highest BCUT2D eigenvalue weighted by atomic mass is 32.2. The first-order chi connectivity index (χ1) is 11.6. The lowest BCUT2D eigenvalue weighted by molar-refractivity contribution is 0.00819. The van der Waals surface area contributed by atoms with E-state index in [1.54, 1.807) is 0 Å². The third-order valence-electron chi connectivity index (χ3n) is 3.43. The topological polar surface area (TPSA) is 0 Å². The molecule has 0 atom stereocenters. The van der Waals surface area contributed by atoms with Crippen LogP contribution in [0.2, 0.25) is 0 Å². The summed E-state index contributed by atoms with van der Waals surface area (Å²) in [6, 6.07) is 27.9. The van der Waals surface area contributed by atoms with Crippen LogP contribution in [0.1, 0.15) is 0 Å². The molecular formula is C20H21F3S2+2. The fraction of sp³-hybridized carbons (Fsp3) is 0.100. The van der Waals surface area contributed by atoms with Gasteiger partial charge in [-0.3, -0.25) is 0 Å². The fourth-order valence-electron chi connectivity index (χ4n) is 2.49. The zero-order valence-corrected chi connectivity index (χ0v) is 15.8. The van der Waals surface area contributed by atoms with Gasteiger partial charge in [-0.25, -0.2) is 0 Å². The Hall–Kier alpha value is -1.85. The van der Waals surface area contributed by atoms with Crippen molar-refractivity contribution >= 4 is 25.3 Å². The summed E-state index contributed by atoms with van der Waals surface area (Å²) in [5.41, 5.74) is 5.22. The summed E-state index contributed by atoms with van der Waals surface area (Å²) in [5.74, 6) is 0. The number of halogens is 3. The molecule has 0 aliphatic rings. The molecule has 25 heavy (non-hydrogen) atoms. The highest BCUT2D eigenvalue weighted by molar-refractivity contribution is 7.78. The molecule has 3 aromatic carbocycles. The van der Waals surface area contributed by atoms with Crippen LogP contribution in [0, 0.1) is 0 Å². The van der Waals surface area contributed by atoms with Gasteiger partial charge in [0.2, 0.25) is 0 Å². The van der Waals surface area contributed by atoms with E-state index in [-0.39, 0.29) is 13.5 Å². The molecule has 0 amide bonds. The number of hydrogen-bond acceptors (Lipinski definition) is 0. The highest BCUT2D eigenvalue weighted by Gasteiger charge is 2.15. The summed E-state index contributed by atoms with van der Waals surface area (Å²) >= 11 is 1.30. The average molecular weight is 383 g/mol. The molecule has 0 saturated carbocycles. The molecule has 0 radical (unpaired) electrons. The van der Waals surface area contributed by atoms with Crippen molar-refractivity contribution in [3.8, 4) is 22.3 Å². The van der Waals surface area contributed by atoms with Gasteiger partial charge < -0.3 is 0 Å². The molecule has 0 saturated heterocycles. The first-order valence-corrected chi connectivity index (χ1v) is 8.73. The molecule has 0 nitrogen and oxygen atoms in total. The molecular weight excluding hydrogens is 361 g/mol. The molecule has 0 fully saturated rings. The molecule has 5 heteroatoms. The Morgan fingerprint density at radius 2 is 1.16 bits per heavy atom. The van der Waals surface area contributed by atoms with E-state index >= 15 is 0 Å². The van der Waals surface area contributed by atoms with E-state index in [9.17, 15) is 13.2 Å². The summed E-state index contributed by atoms with van der Waals surface area (Å²) in [4.78, 5) is 1.37. The van der Waals surface area contributed by atoms with Gasteiger partial charge in [0.1, 0.15) is 6.26 Å². The maximum Gasteiger partial charge on any atom is 0.379 e. The van der Waals surface area contributed by atoms with Crippen molar-refractivity contribution < 1.29 is 13.2 Å². The summed E-state index contributed by atoms with van der Waals surface area (Å²) in [5, 5.41) is 0. The maximum absolute atomic E-state index is 9.67. The van der Waals surface area contributed by atoms with Crippen molar-refractivity contribution in [3.63, 3.8) is 0 Å². The monoisotopic (exact) mass is 382 g/mol. The van der Waals surface area contributed by atoms with Gasteiger partial charge in [0.05, 0.1) is 0 Å². The first-order valence-electron chi connectivity index (χ1n) is 7.39. The Labute approximate surface area is 157 Å². The van der Waals surface area contributed by atoms with Crippen molar-refractivity contribution in [1.29, 1.82) is 0 Å². The predicted molar refractivity (Wildman–Crippen MR) is 109 cm³/mol. The Morgan fingerprint density at radius 3 is 1.64 bits per heavy atom. The lowest BCUT2D eigenvalue weighted by Gasteiger charge is -2.11. The van der Waals surface area contributed by atoms with Crippen molar-refractivity contribution in [2.24, 2.45) is 0 Å². The third-order valence-corrected chi connectivity index (χ3v) is 4.29. The Balaban J connectivity index is 0.000000568. The predicted octanol–water partition coefficient (Wildman–Crippen LogP) is 5.20. The lowest BCUT2D eigenvalue weighted by atomic mass is 9.94. The average Bonchev–Trinajstić information content (AvgIpc) is 2.62. The van der Waals surface area contributed by atoms with Crippen LogP contribution in [0.25, 0.3) is 22.3 Å². The van der Waals surface area contributed by atoms with Gasteiger partial charge in [0, 0.05) is 17.3 Å². The van der Waals surface area contributed by atoms with Crippen molar-refractivity contribution in [2.45, 2.75) is 11.6 Å². The van der Waals surface area contributed by atoms with E-state index in [0.29, 0.717) is 0 Å². The highest BCUT2D eigenvalue weighted by Crippen LogP contribution is 2.35. The van der Waals surface area contributed by atoms with Crippen LogP contribution in [-0.2, 0) is 25.3 Å². The van der Waals surface area contributed by atoms with Crippen molar-refractivity contribution in [2.75, 3.05) is 6.26 Å². The molecule has 0 N–H and O–H groups in total. The van der Waals surface area contributed by atoms with Gasteiger partial charge in [-0.1, -0.05) is 86.3 Å². The minimum atomic E-state index is -3.67. The van der Waals surface area contributed by atoms with Crippen LogP contribution < -0.4 is 0 Å². The second-order valence-corrected chi connectivity index (χ2v) is 5.83. The number of benzene rings is 3. The van der Waals surface area contributed by atoms with E-state index in [1.165, 1.54) is 38.9 Å². The molecule has 0 spiro atoms. The van der Waals surface area contributed by atoms with Gasteiger partial charge in [0.25, 0.3) is 0 Å². The molecule has 0 aromatic heterocycles. The Kier molecular flexibility index (Phi) is 9.24. The summed E-state index contributed by atoms with van der Waals surface area (Å²) < 4.78 is 29.0. The molecule has 3 aromatic rings. The molecule has 3 rings (SSSR count). The Bertz CT molecular complexity index is 745. The minimum absolute atomic E-state index is 0. The van der Waals surface area contributed by atoms with E-state index in [1.807, 2.05) is 0 Å².